The summed E-state index contributed by atoms with van der Waals surface area (Å²) in [5, 5.41) is 3.73. The molecule has 0 aliphatic rings. The van der Waals surface area contributed by atoms with Crippen molar-refractivity contribution < 1.29 is 9.21 Å². The molecule has 2 rings (SSSR count). The van der Waals surface area contributed by atoms with Gasteiger partial charge in [-0.05, 0) is 24.3 Å². The molecular formula is C13H10Cl3NO2S. The van der Waals surface area contributed by atoms with E-state index < -0.39 is 0 Å². The van der Waals surface area contributed by atoms with Gasteiger partial charge in [-0.25, -0.2) is 0 Å². The first kappa shape index (κ1) is 15.6. The zero-order chi connectivity index (χ0) is 14.5. The molecule has 0 unspecified atom stereocenters. The number of furan rings is 1. The van der Waals surface area contributed by atoms with E-state index >= 15 is 0 Å². The van der Waals surface area contributed by atoms with Crippen LogP contribution in [0.1, 0.15) is 5.76 Å². The van der Waals surface area contributed by atoms with Gasteiger partial charge in [0.05, 0.1) is 38.5 Å². The number of rotatable bonds is 5. The fourth-order valence-electron chi connectivity index (χ4n) is 1.44. The third-order valence-corrected chi connectivity index (χ3v) is 4.33. The number of thioether (sulfide) groups is 1. The van der Waals surface area contributed by atoms with Crippen LogP contribution in [0, 0.1) is 0 Å². The van der Waals surface area contributed by atoms with Crippen LogP contribution in [0.15, 0.2) is 34.9 Å². The third-order valence-electron chi connectivity index (χ3n) is 2.34. The molecule has 1 aromatic carbocycles. The number of hydrogen-bond acceptors (Lipinski definition) is 3. The van der Waals surface area contributed by atoms with Crippen molar-refractivity contribution in [3.63, 3.8) is 0 Å². The number of anilines is 1. The second-order valence-electron chi connectivity index (χ2n) is 3.87. The van der Waals surface area contributed by atoms with Crippen molar-refractivity contribution in [1.29, 1.82) is 0 Å². The Balaban J connectivity index is 1.86. The average Bonchev–Trinajstić information content (AvgIpc) is 2.89. The van der Waals surface area contributed by atoms with Crippen LogP contribution in [0.3, 0.4) is 0 Å². The first-order valence-electron chi connectivity index (χ1n) is 5.61. The number of benzene rings is 1. The quantitative estimate of drug-likeness (QED) is 0.762. The van der Waals surface area contributed by atoms with E-state index in [0.717, 1.165) is 5.76 Å². The molecule has 1 heterocycles. The second kappa shape index (κ2) is 7.27. The summed E-state index contributed by atoms with van der Waals surface area (Å²) in [7, 11) is 0. The van der Waals surface area contributed by atoms with E-state index in [9.17, 15) is 4.79 Å². The molecule has 0 radical (unpaired) electrons. The van der Waals surface area contributed by atoms with E-state index in [4.69, 9.17) is 39.2 Å². The first-order valence-corrected chi connectivity index (χ1v) is 7.89. The fraction of sp³-hybridized carbons (Fsp3) is 0.154. The summed E-state index contributed by atoms with van der Waals surface area (Å²) in [5.74, 6) is 1.59. The van der Waals surface area contributed by atoms with Crippen LogP contribution in [0.2, 0.25) is 15.1 Å². The molecule has 0 aliphatic carbocycles. The van der Waals surface area contributed by atoms with Crippen LogP contribution < -0.4 is 5.32 Å². The maximum Gasteiger partial charge on any atom is 0.234 e. The SMILES string of the molecule is O=C(CSCc1ccco1)Nc1cc(Cl)c(Cl)cc1Cl. The Kier molecular flexibility index (Phi) is 5.66. The van der Waals surface area contributed by atoms with Crippen LogP contribution in [0.4, 0.5) is 5.69 Å². The van der Waals surface area contributed by atoms with Gasteiger partial charge in [0.1, 0.15) is 5.76 Å². The lowest BCUT2D eigenvalue weighted by Crippen LogP contribution is -2.14. The minimum Gasteiger partial charge on any atom is -0.468 e. The van der Waals surface area contributed by atoms with Crippen molar-refractivity contribution in [3.8, 4) is 0 Å². The summed E-state index contributed by atoms with van der Waals surface area (Å²) in [6.45, 7) is 0. The van der Waals surface area contributed by atoms with Gasteiger partial charge in [-0.2, -0.15) is 0 Å². The van der Waals surface area contributed by atoms with E-state index in [1.54, 1.807) is 6.26 Å². The minimum absolute atomic E-state index is 0.165. The molecule has 1 N–H and O–H groups in total. The molecule has 3 nitrogen and oxygen atoms in total. The highest BCUT2D eigenvalue weighted by atomic mass is 35.5. The van der Waals surface area contributed by atoms with E-state index in [1.165, 1.54) is 23.9 Å². The molecule has 1 amide bonds. The van der Waals surface area contributed by atoms with Crippen LogP contribution in [-0.4, -0.2) is 11.7 Å². The highest BCUT2D eigenvalue weighted by molar-refractivity contribution is 7.99. The number of hydrogen-bond donors (Lipinski definition) is 1. The summed E-state index contributed by atoms with van der Waals surface area (Å²) in [4.78, 5) is 11.8. The van der Waals surface area contributed by atoms with Crippen molar-refractivity contribution in [1.82, 2.24) is 0 Å². The average molecular weight is 351 g/mol. The predicted octanol–water partition coefficient (Wildman–Crippen LogP) is 5.11. The summed E-state index contributed by atoms with van der Waals surface area (Å²) in [6.07, 6.45) is 1.60. The largest absolute Gasteiger partial charge is 0.468 e. The van der Waals surface area contributed by atoms with Crippen molar-refractivity contribution in [2.45, 2.75) is 5.75 Å². The Bertz CT molecular complexity index is 602. The zero-order valence-electron chi connectivity index (χ0n) is 10.2. The Morgan fingerprint density at radius 1 is 1.20 bits per heavy atom. The summed E-state index contributed by atoms with van der Waals surface area (Å²) in [5.41, 5.74) is 0.449. The summed E-state index contributed by atoms with van der Waals surface area (Å²) < 4.78 is 5.18. The Morgan fingerprint density at radius 3 is 2.65 bits per heavy atom. The number of carbonyl (C=O) groups is 1. The highest BCUT2D eigenvalue weighted by Gasteiger charge is 2.09. The molecule has 7 heteroatoms. The molecule has 0 bridgehead atoms. The van der Waals surface area contributed by atoms with Gasteiger partial charge in [0.2, 0.25) is 5.91 Å². The molecule has 20 heavy (non-hydrogen) atoms. The third kappa shape index (κ3) is 4.35. The van der Waals surface area contributed by atoms with Crippen LogP contribution >= 0.6 is 46.6 Å². The van der Waals surface area contributed by atoms with E-state index in [0.29, 0.717) is 26.5 Å². The molecule has 1 aromatic heterocycles. The molecule has 0 aliphatic heterocycles. The zero-order valence-corrected chi connectivity index (χ0v) is 13.2. The normalized spacial score (nSPS) is 10.6. The van der Waals surface area contributed by atoms with Crippen LogP contribution in [0.25, 0.3) is 0 Å². The Morgan fingerprint density at radius 2 is 1.95 bits per heavy atom. The maximum atomic E-state index is 11.8. The molecule has 0 atom stereocenters. The lowest BCUT2D eigenvalue weighted by molar-refractivity contribution is -0.113. The van der Waals surface area contributed by atoms with Gasteiger partial charge in [0.25, 0.3) is 0 Å². The lowest BCUT2D eigenvalue weighted by atomic mass is 10.3. The van der Waals surface area contributed by atoms with E-state index in [1.807, 2.05) is 12.1 Å². The van der Waals surface area contributed by atoms with Gasteiger partial charge in [0, 0.05) is 0 Å². The Hall–Kier alpha value is -0.810. The van der Waals surface area contributed by atoms with Crippen molar-refractivity contribution in [3.05, 3.63) is 51.4 Å². The monoisotopic (exact) mass is 349 g/mol. The summed E-state index contributed by atoms with van der Waals surface area (Å²) >= 11 is 19.1. The maximum absolute atomic E-state index is 11.8. The molecule has 0 saturated carbocycles. The van der Waals surface area contributed by atoms with Crippen molar-refractivity contribution in [2.24, 2.45) is 0 Å². The van der Waals surface area contributed by atoms with E-state index in [-0.39, 0.29) is 11.7 Å². The molecule has 106 valence electrons. The van der Waals surface area contributed by atoms with Gasteiger partial charge in [-0.3, -0.25) is 4.79 Å². The second-order valence-corrected chi connectivity index (χ2v) is 6.07. The van der Waals surface area contributed by atoms with Gasteiger partial charge in [-0.15, -0.1) is 11.8 Å². The number of halogens is 3. The smallest absolute Gasteiger partial charge is 0.234 e. The van der Waals surface area contributed by atoms with E-state index in [2.05, 4.69) is 5.32 Å². The highest BCUT2D eigenvalue weighted by Crippen LogP contribution is 2.32. The number of carbonyl (C=O) groups excluding carboxylic acids is 1. The standard InChI is InChI=1S/C13H10Cl3NO2S/c14-9-4-11(16)12(5-10(9)15)17-13(18)7-20-6-8-2-1-3-19-8/h1-5H,6-7H2,(H,17,18). The number of nitrogens with one attached hydrogen (secondary N) is 1. The topological polar surface area (TPSA) is 42.2 Å². The number of amides is 1. The first-order chi connectivity index (χ1) is 9.56. The van der Waals surface area contributed by atoms with Gasteiger partial charge in [-0.1, -0.05) is 34.8 Å². The molecule has 2 aromatic rings. The Labute approximate surface area is 135 Å². The van der Waals surface area contributed by atoms with Crippen molar-refractivity contribution in [2.75, 3.05) is 11.1 Å². The van der Waals surface area contributed by atoms with Crippen molar-refractivity contribution >= 4 is 58.2 Å². The fourth-order valence-corrected chi connectivity index (χ4v) is 2.76. The predicted molar refractivity (Wildman–Crippen MR) is 85.0 cm³/mol. The minimum atomic E-state index is -0.165. The molecule has 0 fully saturated rings. The summed E-state index contributed by atoms with van der Waals surface area (Å²) in [6, 6.07) is 6.70. The molecule has 0 saturated heterocycles. The lowest BCUT2D eigenvalue weighted by Gasteiger charge is -2.08. The van der Waals surface area contributed by atoms with Crippen LogP contribution in [-0.2, 0) is 10.5 Å². The van der Waals surface area contributed by atoms with Crippen LogP contribution in [0.5, 0.6) is 0 Å². The van der Waals surface area contributed by atoms with Gasteiger partial charge in [0.15, 0.2) is 0 Å². The molecular weight excluding hydrogens is 341 g/mol. The van der Waals surface area contributed by atoms with Gasteiger partial charge < -0.3 is 9.73 Å². The molecule has 0 spiro atoms. The van der Waals surface area contributed by atoms with Gasteiger partial charge >= 0.3 is 0 Å².